The van der Waals surface area contributed by atoms with Crippen molar-refractivity contribution >= 4 is 24.8 Å². The molecular formula is C15H24Cl2N2O. The Balaban J connectivity index is 0.000001000. The second kappa shape index (κ2) is 8.08. The minimum atomic E-state index is 0. The number of piperazine rings is 1. The van der Waals surface area contributed by atoms with E-state index in [2.05, 4.69) is 16.3 Å². The molecule has 1 heterocycles. The molecule has 0 radical (unpaired) electrons. The molecule has 3 nitrogen and oxygen atoms in total. The van der Waals surface area contributed by atoms with Crippen molar-refractivity contribution < 1.29 is 5.11 Å². The second-order valence-electron chi connectivity index (χ2n) is 5.52. The molecule has 20 heavy (non-hydrogen) atoms. The van der Waals surface area contributed by atoms with Crippen LogP contribution in [0, 0.1) is 5.92 Å². The van der Waals surface area contributed by atoms with Gasteiger partial charge in [-0.25, -0.2) is 0 Å². The average Bonchev–Trinajstić information content (AvgIpc) is 2.34. The van der Waals surface area contributed by atoms with Crippen molar-refractivity contribution in [2.75, 3.05) is 26.2 Å². The van der Waals surface area contributed by atoms with Crippen LogP contribution < -0.4 is 5.32 Å². The second-order valence-corrected chi connectivity index (χ2v) is 5.52. The molecule has 1 aliphatic heterocycles. The number of phenolic OH excluding ortho intramolecular Hbond substituents is 1. The molecule has 0 unspecified atom stereocenters. The summed E-state index contributed by atoms with van der Waals surface area (Å²) in [5.41, 5.74) is 1.29. The number of hydrogen-bond acceptors (Lipinski definition) is 3. The fourth-order valence-electron chi connectivity index (χ4n) is 3.21. The maximum atomic E-state index is 9.70. The Morgan fingerprint density at radius 1 is 1.15 bits per heavy atom. The Morgan fingerprint density at radius 2 is 1.85 bits per heavy atom. The normalized spacial score (nSPS) is 21.2. The van der Waals surface area contributed by atoms with E-state index in [1.54, 1.807) is 6.07 Å². The molecule has 0 spiro atoms. The molecule has 5 heteroatoms. The first-order valence-corrected chi connectivity index (χ1v) is 7.08. The van der Waals surface area contributed by atoms with Gasteiger partial charge in [-0.3, -0.25) is 4.90 Å². The highest BCUT2D eigenvalue weighted by atomic mass is 35.5. The van der Waals surface area contributed by atoms with Gasteiger partial charge in [0.1, 0.15) is 5.75 Å². The Bertz CT molecular complexity index is 407. The van der Waals surface area contributed by atoms with Gasteiger partial charge in [0.05, 0.1) is 0 Å². The lowest BCUT2D eigenvalue weighted by molar-refractivity contribution is 0.0836. The van der Waals surface area contributed by atoms with Gasteiger partial charge in [-0.1, -0.05) is 18.6 Å². The van der Waals surface area contributed by atoms with Crippen molar-refractivity contribution in [1.82, 2.24) is 10.2 Å². The van der Waals surface area contributed by atoms with Crippen molar-refractivity contribution in [2.45, 2.75) is 25.3 Å². The summed E-state index contributed by atoms with van der Waals surface area (Å²) in [6.07, 6.45) is 4.04. The van der Waals surface area contributed by atoms with E-state index >= 15 is 0 Å². The minimum Gasteiger partial charge on any atom is -0.508 e. The SMILES string of the molecule is Cl.Cl.Oc1cccc([C@H](C2CCC2)N2CCNCC2)c1. The fourth-order valence-corrected chi connectivity index (χ4v) is 3.21. The van der Waals surface area contributed by atoms with Crippen LogP contribution in [0.5, 0.6) is 5.75 Å². The van der Waals surface area contributed by atoms with Crippen LogP contribution in [-0.4, -0.2) is 36.2 Å². The first-order chi connectivity index (χ1) is 8.84. The van der Waals surface area contributed by atoms with Crippen molar-refractivity contribution in [1.29, 1.82) is 0 Å². The van der Waals surface area contributed by atoms with Gasteiger partial charge < -0.3 is 10.4 Å². The first kappa shape index (κ1) is 17.6. The minimum absolute atomic E-state index is 0. The van der Waals surface area contributed by atoms with Crippen LogP contribution in [0.2, 0.25) is 0 Å². The van der Waals surface area contributed by atoms with E-state index in [9.17, 15) is 5.11 Å². The molecule has 0 amide bonds. The Kier molecular flexibility index (Phi) is 7.10. The average molecular weight is 319 g/mol. The molecule has 3 rings (SSSR count). The van der Waals surface area contributed by atoms with Crippen LogP contribution >= 0.6 is 24.8 Å². The molecule has 1 aromatic carbocycles. The summed E-state index contributed by atoms with van der Waals surface area (Å²) in [6.45, 7) is 4.41. The van der Waals surface area contributed by atoms with E-state index in [4.69, 9.17) is 0 Å². The van der Waals surface area contributed by atoms with E-state index in [0.29, 0.717) is 11.8 Å². The Morgan fingerprint density at radius 3 is 2.40 bits per heavy atom. The third-order valence-electron chi connectivity index (χ3n) is 4.35. The summed E-state index contributed by atoms with van der Waals surface area (Å²) >= 11 is 0. The maximum absolute atomic E-state index is 9.70. The molecule has 1 saturated carbocycles. The quantitative estimate of drug-likeness (QED) is 0.899. The highest BCUT2D eigenvalue weighted by molar-refractivity contribution is 5.85. The molecule has 0 aromatic heterocycles. The molecule has 2 aliphatic rings. The number of nitrogens with one attached hydrogen (secondary N) is 1. The molecule has 2 N–H and O–H groups in total. The summed E-state index contributed by atoms with van der Waals surface area (Å²) < 4.78 is 0. The number of halogens is 2. The summed E-state index contributed by atoms with van der Waals surface area (Å²) in [6, 6.07) is 8.36. The number of aromatic hydroxyl groups is 1. The van der Waals surface area contributed by atoms with Crippen molar-refractivity contribution in [3.8, 4) is 5.75 Å². The zero-order valence-electron chi connectivity index (χ0n) is 11.6. The van der Waals surface area contributed by atoms with Gasteiger partial charge in [-0.15, -0.1) is 24.8 Å². The van der Waals surface area contributed by atoms with Crippen LogP contribution in [0.1, 0.15) is 30.9 Å². The highest BCUT2D eigenvalue weighted by Gasteiger charge is 2.33. The predicted molar refractivity (Wildman–Crippen MR) is 87.1 cm³/mol. The topological polar surface area (TPSA) is 35.5 Å². The number of nitrogens with zero attached hydrogens (tertiary/aromatic N) is 1. The zero-order valence-corrected chi connectivity index (χ0v) is 13.3. The molecule has 0 bridgehead atoms. The summed E-state index contributed by atoms with van der Waals surface area (Å²) in [7, 11) is 0. The van der Waals surface area contributed by atoms with Gasteiger partial charge in [0.2, 0.25) is 0 Å². The molecule has 2 fully saturated rings. The number of benzene rings is 1. The van der Waals surface area contributed by atoms with Gasteiger partial charge in [0, 0.05) is 32.2 Å². The Labute approximate surface area is 133 Å². The van der Waals surface area contributed by atoms with Gasteiger partial charge in [-0.2, -0.15) is 0 Å². The van der Waals surface area contributed by atoms with Gasteiger partial charge in [0.25, 0.3) is 0 Å². The van der Waals surface area contributed by atoms with Crippen LogP contribution in [0.15, 0.2) is 24.3 Å². The van der Waals surface area contributed by atoms with Crippen molar-refractivity contribution in [3.63, 3.8) is 0 Å². The van der Waals surface area contributed by atoms with Crippen LogP contribution in [0.4, 0.5) is 0 Å². The van der Waals surface area contributed by atoms with Crippen molar-refractivity contribution in [2.24, 2.45) is 5.92 Å². The standard InChI is InChI=1S/C15H22N2O.2ClH/c18-14-6-2-5-13(11-14)15(12-3-1-4-12)17-9-7-16-8-10-17;;/h2,5-6,11-12,15-16,18H,1,3-4,7-10H2;2*1H/t15-;;/m0../s1. The summed E-state index contributed by atoms with van der Waals surface area (Å²) in [5.74, 6) is 1.18. The number of hydrogen-bond donors (Lipinski definition) is 2. The van der Waals surface area contributed by atoms with E-state index in [1.165, 1.54) is 24.8 Å². The van der Waals surface area contributed by atoms with Gasteiger partial charge >= 0.3 is 0 Å². The zero-order chi connectivity index (χ0) is 12.4. The molecule has 1 aliphatic carbocycles. The van der Waals surface area contributed by atoms with Crippen LogP contribution in [0.3, 0.4) is 0 Å². The van der Waals surface area contributed by atoms with E-state index in [0.717, 1.165) is 32.1 Å². The van der Waals surface area contributed by atoms with E-state index in [-0.39, 0.29) is 24.8 Å². The molecule has 1 aromatic rings. The number of rotatable bonds is 3. The number of phenols is 1. The fraction of sp³-hybridized carbons (Fsp3) is 0.600. The summed E-state index contributed by atoms with van der Waals surface area (Å²) in [4.78, 5) is 2.59. The smallest absolute Gasteiger partial charge is 0.115 e. The Hall–Kier alpha value is -0.480. The first-order valence-electron chi connectivity index (χ1n) is 7.08. The van der Waals surface area contributed by atoms with Crippen LogP contribution in [0.25, 0.3) is 0 Å². The third kappa shape index (κ3) is 3.79. The lowest BCUT2D eigenvalue weighted by Crippen LogP contribution is -2.47. The molecule has 114 valence electrons. The molecule has 1 atom stereocenters. The largest absolute Gasteiger partial charge is 0.508 e. The van der Waals surface area contributed by atoms with Crippen molar-refractivity contribution in [3.05, 3.63) is 29.8 Å². The molecule has 1 saturated heterocycles. The van der Waals surface area contributed by atoms with Gasteiger partial charge in [-0.05, 0) is 36.5 Å². The lowest BCUT2D eigenvalue weighted by atomic mass is 9.76. The third-order valence-corrected chi connectivity index (χ3v) is 4.35. The lowest BCUT2D eigenvalue weighted by Gasteiger charge is -2.43. The monoisotopic (exact) mass is 318 g/mol. The summed E-state index contributed by atoms with van der Waals surface area (Å²) in [5, 5.41) is 13.1. The highest BCUT2D eigenvalue weighted by Crippen LogP contribution is 2.41. The van der Waals surface area contributed by atoms with E-state index < -0.39 is 0 Å². The maximum Gasteiger partial charge on any atom is 0.115 e. The van der Waals surface area contributed by atoms with E-state index in [1.807, 2.05) is 12.1 Å². The van der Waals surface area contributed by atoms with Crippen LogP contribution in [-0.2, 0) is 0 Å². The molecular weight excluding hydrogens is 295 g/mol. The van der Waals surface area contributed by atoms with Gasteiger partial charge in [0.15, 0.2) is 0 Å². The predicted octanol–water partition coefficient (Wildman–Crippen LogP) is 2.98.